The Kier molecular flexibility index (Phi) is 4.85. The molecule has 4 heteroatoms. The summed E-state index contributed by atoms with van der Waals surface area (Å²) in [6.07, 6.45) is 4.60. The van der Waals surface area contributed by atoms with E-state index in [-0.39, 0.29) is 18.1 Å². The van der Waals surface area contributed by atoms with Crippen LogP contribution in [0.3, 0.4) is 0 Å². The van der Waals surface area contributed by atoms with Crippen molar-refractivity contribution in [2.45, 2.75) is 64.7 Å². The molecular formula is C15H28N2O2. The van der Waals surface area contributed by atoms with Gasteiger partial charge in [-0.25, -0.2) is 0 Å². The van der Waals surface area contributed by atoms with Gasteiger partial charge in [-0.1, -0.05) is 6.92 Å². The first kappa shape index (κ1) is 14.8. The van der Waals surface area contributed by atoms with E-state index in [9.17, 15) is 4.79 Å². The lowest BCUT2D eigenvalue weighted by Crippen LogP contribution is -2.49. The minimum atomic E-state index is 0.0216. The molecule has 2 aliphatic rings. The molecule has 2 heterocycles. The van der Waals surface area contributed by atoms with E-state index in [1.165, 1.54) is 6.42 Å². The van der Waals surface area contributed by atoms with Gasteiger partial charge in [-0.15, -0.1) is 0 Å². The zero-order valence-electron chi connectivity index (χ0n) is 12.5. The normalized spacial score (nSPS) is 39.6. The number of nitrogens with two attached hydrogens (primary N) is 1. The van der Waals surface area contributed by atoms with E-state index in [4.69, 9.17) is 10.5 Å². The summed E-state index contributed by atoms with van der Waals surface area (Å²) in [6, 6.07) is 0.349. The molecule has 5 atom stereocenters. The molecule has 2 saturated heterocycles. The molecule has 19 heavy (non-hydrogen) atoms. The van der Waals surface area contributed by atoms with Gasteiger partial charge in [0.05, 0.1) is 18.1 Å². The molecule has 110 valence electrons. The molecule has 0 radical (unpaired) electrons. The maximum atomic E-state index is 12.9. The highest BCUT2D eigenvalue weighted by molar-refractivity contribution is 5.80. The number of piperidine rings is 1. The topological polar surface area (TPSA) is 55.6 Å². The van der Waals surface area contributed by atoms with Gasteiger partial charge in [0.2, 0.25) is 5.91 Å². The maximum absolute atomic E-state index is 12.9. The van der Waals surface area contributed by atoms with Crippen molar-refractivity contribution in [2.24, 2.45) is 17.6 Å². The Morgan fingerprint density at radius 2 is 2.00 bits per heavy atom. The van der Waals surface area contributed by atoms with Crippen molar-refractivity contribution < 1.29 is 9.53 Å². The molecule has 0 aliphatic carbocycles. The van der Waals surface area contributed by atoms with Crippen molar-refractivity contribution in [3.63, 3.8) is 0 Å². The highest BCUT2D eigenvalue weighted by atomic mass is 16.5. The summed E-state index contributed by atoms with van der Waals surface area (Å²) in [7, 11) is 0. The monoisotopic (exact) mass is 268 g/mol. The van der Waals surface area contributed by atoms with Crippen LogP contribution < -0.4 is 5.73 Å². The number of carbonyl (C=O) groups excluding carboxylic acids is 1. The van der Waals surface area contributed by atoms with Crippen molar-refractivity contribution >= 4 is 5.91 Å². The number of hydrogen-bond donors (Lipinski definition) is 1. The standard InChI is InChI=1S/C15H28N2O2/c1-10-11(2)19-12(3)14(10)15(18)17-9-5-4-6-13(17)7-8-16/h10-14H,4-9,16H2,1-3H3. The van der Waals surface area contributed by atoms with Crippen LogP contribution in [-0.4, -0.2) is 42.1 Å². The van der Waals surface area contributed by atoms with Crippen LogP contribution in [0.5, 0.6) is 0 Å². The zero-order chi connectivity index (χ0) is 14.0. The smallest absolute Gasteiger partial charge is 0.228 e. The summed E-state index contributed by atoms with van der Waals surface area (Å²) >= 11 is 0. The Bertz CT molecular complexity index is 319. The molecule has 0 aromatic heterocycles. The molecule has 1 amide bonds. The molecule has 2 N–H and O–H groups in total. The second-order valence-corrected chi connectivity index (χ2v) is 6.19. The van der Waals surface area contributed by atoms with Gasteiger partial charge in [-0.05, 0) is 52.0 Å². The van der Waals surface area contributed by atoms with Crippen LogP contribution in [0, 0.1) is 11.8 Å². The maximum Gasteiger partial charge on any atom is 0.228 e. The third-order valence-electron chi connectivity index (χ3n) is 4.94. The van der Waals surface area contributed by atoms with Crippen molar-refractivity contribution in [1.29, 1.82) is 0 Å². The second-order valence-electron chi connectivity index (χ2n) is 6.19. The van der Waals surface area contributed by atoms with E-state index in [0.717, 1.165) is 25.8 Å². The van der Waals surface area contributed by atoms with Crippen molar-refractivity contribution in [2.75, 3.05) is 13.1 Å². The predicted molar refractivity (Wildman–Crippen MR) is 75.7 cm³/mol. The van der Waals surface area contributed by atoms with E-state index in [0.29, 0.717) is 24.4 Å². The summed E-state index contributed by atoms with van der Waals surface area (Å²) in [6.45, 7) is 7.80. The lowest BCUT2D eigenvalue weighted by Gasteiger charge is -2.38. The summed E-state index contributed by atoms with van der Waals surface area (Å²) in [5, 5.41) is 0. The van der Waals surface area contributed by atoms with Gasteiger partial charge in [-0.3, -0.25) is 4.79 Å². The van der Waals surface area contributed by atoms with Gasteiger partial charge >= 0.3 is 0 Å². The number of likely N-dealkylation sites (tertiary alicyclic amines) is 1. The predicted octanol–water partition coefficient (Wildman–Crippen LogP) is 1.78. The van der Waals surface area contributed by atoms with Gasteiger partial charge in [0, 0.05) is 12.6 Å². The molecule has 4 nitrogen and oxygen atoms in total. The molecule has 0 bridgehead atoms. The van der Waals surface area contributed by atoms with Crippen LogP contribution >= 0.6 is 0 Å². The van der Waals surface area contributed by atoms with Crippen LogP contribution in [0.15, 0.2) is 0 Å². The molecule has 0 spiro atoms. The first-order chi connectivity index (χ1) is 9.06. The van der Waals surface area contributed by atoms with E-state index >= 15 is 0 Å². The third kappa shape index (κ3) is 2.95. The Labute approximate surface area is 116 Å². The molecule has 2 rings (SSSR count). The van der Waals surface area contributed by atoms with E-state index in [1.807, 2.05) is 6.92 Å². The van der Waals surface area contributed by atoms with Crippen LogP contribution in [0.2, 0.25) is 0 Å². The molecule has 2 aliphatic heterocycles. The highest BCUT2D eigenvalue weighted by Gasteiger charge is 2.44. The average Bonchev–Trinajstić information content (AvgIpc) is 2.64. The van der Waals surface area contributed by atoms with Crippen LogP contribution in [0.25, 0.3) is 0 Å². The van der Waals surface area contributed by atoms with E-state index in [1.54, 1.807) is 0 Å². The number of hydrogen-bond acceptors (Lipinski definition) is 3. The SMILES string of the molecule is CC1OC(C)C(C(=O)N2CCCCC2CCN)C1C. The molecule has 0 saturated carbocycles. The second kappa shape index (κ2) is 6.23. The lowest BCUT2D eigenvalue weighted by atomic mass is 9.86. The quantitative estimate of drug-likeness (QED) is 0.849. The number of carbonyl (C=O) groups is 1. The molecule has 2 fully saturated rings. The number of rotatable bonds is 3. The Balaban J connectivity index is 2.08. The number of nitrogens with zero attached hydrogens (tertiary/aromatic N) is 1. The van der Waals surface area contributed by atoms with Crippen LogP contribution in [0.4, 0.5) is 0 Å². The van der Waals surface area contributed by atoms with Crippen LogP contribution in [-0.2, 0) is 9.53 Å². The highest BCUT2D eigenvalue weighted by Crippen LogP contribution is 2.35. The summed E-state index contributed by atoms with van der Waals surface area (Å²) in [5.74, 6) is 0.624. The molecule has 0 aromatic carbocycles. The molecule has 0 aromatic rings. The van der Waals surface area contributed by atoms with E-state index in [2.05, 4.69) is 18.7 Å². The van der Waals surface area contributed by atoms with Crippen molar-refractivity contribution in [3.8, 4) is 0 Å². The largest absolute Gasteiger partial charge is 0.374 e. The first-order valence-corrected chi connectivity index (χ1v) is 7.72. The fourth-order valence-electron chi connectivity index (χ4n) is 3.67. The third-order valence-corrected chi connectivity index (χ3v) is 4.94. The Hall–Kier alpha value is -0.610. The number of ether oxygens (including phenoxy) is 1. The van der Waals surface area contributed by atoms with Crippen LogP contribution in [0.1, 0.15) is 46.5 Å². The molecular weight excluding hydrogens is 240 g/mol. The van der Waals surface area contributed by atoms with Gasteiger partial charge in [-0.2, -0.15) is 0 Å². The first-order valence-electron chi connectivity index (χ1n) is 7.72. The lowest BCUT2D eigenvalue weighted by molar-refractivity contribution is -0.141. The molecule has 5 unspecified atom stereocenters. The van der Waals surface area contributed by atoms with Gasteiger partial charge < -0.3 is 15.4 Å². The minimum absolute atomic E-state index is 0.0216. The average molecular weight is 268 g/mol. The summed E-state index contributed by atoms with van der Waals surface area (Å²) in [4.78, 5) is 14.9. The number of amides is 1. The Morgan fingerprint density at radius 1 is 1.26 bits per heavy atom. The minimum Gasteiger partial charge on any atom is -0.374 e. The fourth-order valence-corrected chi connectivity index (χ4v) is 3.67. The van der Waals surface area contributed by atoms with Gasteiger partial charge in [0.1, 0.15) is 0 Å². The Morgan fingerprint density at radius 3 is 2.58 bits per heavy atom. The fraction of sp³-hybridized carbons (Fsp3) is 0.933. The summed E-state index contributed by atoms with van der Waals surface area (Å²) < 4.78 is 5.82. The van der Waals surface area contributed by atoms with Gasteiger partial charge in [0.25, 0.3) is 0 Å². The zero-order valence-corrected chi connectivity index (χ0v) is 12.5. The van der Waals surface area contributed by atoms with E-state index < -0.39 is 0 Å². The van der Waals surface area contributed by atoms with Crippen molar-refractivity contribution in [1.82, 2.24) is 4.90 Å². The summed E-state index contributed by atoms with van der Waals surface area (Å²) in [5.41, 5.74) is 5.69. The van der Waals surface area contributed by atoms with Gasteiger partial charge in [0.15, 0.2) is 0 Å². The van der Waals surface area contributed by atoms with Crippen molar-refractivity contribution in [3.05, 3.63) is 0 Å².